The molecule has 2 fully saturated rings. The van der Waals surface area contributed by atoms with Crippen molar-refractivity contribution in [3.8, 4) is 11.5 Å². The van der Waals surface area contributed by atoms with Crippen molar-refractivity contribution in [1.82, 2.24) is 0 Å². The van der Waals surface area contributed by atoms with Crippen LogP contribution in [0.15, 0.2) is 54.6 Å². The summed E-state index contributed by atoms with van der Waals surface area (Å²) in [6.45, 7) is 0. The van der Waals surface area contributed by atoms with Gasteiger partial charge in [-0.15, -0.1) is 0 Å². The number of benzene rings is 2. The van der Waals surface area contributed by atoms with E-state index in [0.717, 1.165) is 11.4 Å². The monoisotopic (exact) mass is 360 g/mol. The van der Waals surface area contributed by atoms with Gasteiger partial charge in [-0.1, -0.05) is 30.0 Å². The Labute approximate surface area is 145 Å². The number of nitrogens with zero attached hydrogens (tertiary/aromatic N) is 1. The summed E-state index contributed by atoms with van der Waals surface area (Å²) in [5, 5.41) is 8.54. The van der Waals surface area contributed by atoms with Crippen LogP contribution in [0, 0.1) is 5.41 Å². The van der Waals surface area contributed by atoms with Crippen molar-refractivity contribution >= 4 is 32.5 Å². The molecule has 0 aliphatic carbocycles. The van der Waals surface area contributed by atoms with Crippen LogP contribution in [0.2, 0.25) is 0 Å². The molecule has 2 saturated heterocycles. The first-order chi connectivity index (χ1) is 11.5. The van der Waals surface area contributed by atoms with Crippen molar-refractivity contribution in [2.24, 2.45) is 0 Å². The predicted molar refractivity (Wildman–Crippen MR) is 97.0 cm³/mol. The van der Waals surface area contributed by atoms with Gasteiger partial charge in [-0.25, -0.2) is 8.42 Å². The summed E-state index contributed by atoms with van der Waals surface area (Å²) in [5.74, 6) is 1.75. The molecule has 0 unspecified atom stereocenters. The van der Waals surface area contributed by atoms with E-state index in [4.69, 9.17) is 10.1 Å². The standard InChI is InChI=1S/C17H16N2O3S2/c18-17-19(15-10-24(20,21)11-16(15)23-17)12-6-8-14(9-7-12)22-13-4-2-1-3-5-13/h1-9,15-16,18H,10-11H2/t15-,16+/m1/s1. The number of anilines is 1. The molecular weight excluding hydrogens is 344 g/mol. The van der Waals surface area contributed by atoms with Gasteiger partial charge in [0, 0.05) is 10.9 Å². The highest BCUT2D eigenvalue weighted by atomic mass is 32.2. The van der Waals surface area contributed by atoms with E-state index in [9.17, 15) is 8.42 Å². The molecule has 5 nitrogen and oxygen atoms in total. The van der Waals surface area contributed by atoms with E-state index in [1.807, 2.05) is 59.5 Å². The number of fused-ring (bicyclic) bond motifs is 1. The molecule has 0 spiro atoms. The second-order valence-electron chi connectivity index (χ2n) is 5.88. The highest BCUT2D eigenvalue weighted by molar-refractivity contribution is 8.15. The molecule has 2 aromatic carbocycles. The zero-order chi connectivity index (χ0) is 16.7. The topological polar surface area (TPSA) is 70.5 Å². The van der Waals surface area contributed by atoms with Crippen LogP contribution in [-0.4, -0.2) is 36.4 Å². The van der Waals surface area contributed by atoms with Crippen LogP contribution in [0.3, 0.4) is 0 Å². The zero-order valence-electron chi connectivity index (χ0n) is 12.8. The summed E-state index contributed by atoms with van der Waals surface area (Å²) >= 11 is 1.35. The average molecular weight is 360 g/mol. The van der Waals surface area contributed by atoms with E-state index >= 15 is 0 Å². The summed E-state index contributed by atoms with van der Waals surface area (Å²) < 4.78 is 29.5. The molecule has 124 valence electrons. The largest absolute Gasteiger partial charge is 0.457 e. The molecule has 0 amide bonds. The zero-order valence-corrected chi connectivity index (χ0v) is 14.4. The Balaban J connectivity index is 1.55. The van der Waals surface area contributed by atoms with Gasteiger partial charge in [-0.2, -0.15) is 0 Å². The van der Waals surface area contributed by atoms with Gasteiger partial charge in [0.2, 0.25) is 0 Å². The van der Waals surface area contributed by atoms with Crippen molar-refractivity contribution in [1.29, 1.82) is 5.41 Å². The minimum Gasteiger partial charge on any atom is -0.457 e. The number of hydrogen-bond donors (Lipinski definition) is 1. The molecule has 7 heteroatoms. The predicted octanol–water partition coefficient (Wildman–Crippen LogP) is 3.13. The molecule has 2 aliphatic heterocycles. The number of sulfone groups is 1. The third-order valence-corrected chi connectivity index (χ3v) is 7.31. The van der Waals surface area contributed by atoms with E-state index in [1.165, 1.54) is 11.8 Å². The third kappa shape index (κ3) is 2.89. The van der Waals surface area contributed by atoms with Gasteiger partial charge in [-0.3, -0.25) is 5.41 Å². The van der Waals surface area contributed by atoms with Crippen LogP contribution in [-0.2, 0) is 9.84 Å². The minimum atomic E-state index is -3.00. The Morgan fingerprint density at radius 3 is 2.38 bits per heavy atom. The maximum atomic E-state index is 11.9. The lowest BCUT2D eigenvalue weighted by atomic mass is 10.2. The van der Waals surface area contributed by atoms with Crippen molar-refractivity contribution in [2.45, 2.75) is 11.3 Å². The SMILES string of the molecule is N=C1S[C@H]2CS(=O)(=O)C[C@H]2N1c1ccc(Oc2ccccc2)cc1. The summed E-state index contributed by atoms with van der Waals surface area (Å²) in [4.78, 5) is 1.83. The molecule has 2 aromatic rings. The van der Waals surface area contributed by atoms with Gasteiger partial charge < -0.3 is 9.64 Å². The Kier molecular flexibility index (Phi) is 3.77. The quantitative estimate of drug-likeness (QED) is 0.911. The number of amidine groups is 1. The number of thioether (sulfide) groups is 1. The summed E-state index contributed by atoms with van der Waals surface area (Å²) in [5.41, 5.74) is 0.831. The van der Waals surface area contributed by atoms with Crippen molar-refractivity contribution in [2.75, 3.05) is 16.4 Å². The lowest BCUT2D eigenvalue weighted by Gasteiger charge is -2.24. The van der Waals surface area contributed by atoms with Crippen LogP contribution >= 0.6 is 11.8 Å². The van der Waals surface area contributed by atoms with Crippen LogP contribution in [0.1, 0.15) is 0 Å². The first kappa shape index (κ1) is 15.5. The molecule has 4 rings (SSSR count). The fraction of sp³-hybridized carbons (Fsp3) is 0.235. The Hall–Kier alpha value is -1.99. The number of rotatable bonds is 3. The van der Waals surface area contributed by atoms with E-state index in [-0.39, 0.29) is 22.8 Å². The lowest BCUT2D eigenvalue weighted by Crippen LogP contribution is -2.37. The van der Waals surface area contributed by atoms with Gasteiger partial charge >= 0.3 is 0 Å². The van der Waals surface area contributed by atoms with Crippen LogP contribution in [0.5, 0.6) is 11.5 Å². The number of para-hydroxylation sites is 1. The second kappa shape index (κ2) is 5.82. The van der Waals surface area contributed by atoms with E-state index in [2.05, 4.69) is 0 Å². The smallest absolute Gasteiger partial charge is 0.161 e. The van der Waals surface area contributed by atoms with Crippen LogP contribution < -0.4 is 9.64 Å². The second-order valence-corrected chi connectivity index (χ2v) is 9.27. The number of ether oxygens (including phenoxy) is 1. The normalized spacial score (nSPS) is 24.8. The van der Waals surface area contributed by atoms with E-state index in [1.54, 1.807) is 0 Å². The third-order valence-electron chi connectivity index (χ3n) is 4.18. The molecule has 0 bridgehead atoms. The number of nitrogens with one attached hydrogen (secondary N) is 1. The van der Waals surface area contributed by atoms with Gasteiger partial charge in [0.05, 0.1) is 17.5 Å². The summed E-state index contributed by atoms with van der Waals surface area (Å²) in [7, 11) is -3.00. The molecular formula is C17H16N2O3S2. The molecule has 2 atom stereocenters. The Morgan fingerprint density at radius 1 is 1.00 bits per heavy atom. The molecule has 24 heavy (non-hydrogen) atoms. The van der Waals surface area contributed by atoms with Gasteiger partial charge in [-0.05, 0) is 36.4 Å². The highest BCUT2D eigenvalue weighted by Gasteiger charge is 2.48. The maximum Gasteiger partial charge on any atom is 0.161 e. The van der Waals surface area contributed by atoms with Gasteiger partial charge in [0.15, 0.2) is 15.0 Å². The first-order valence-electron chi connectivity index (χ1n) is 7.60. The highest BCUT2D eigenvalue weighted by Crippen LogP contribution is 2.40. The molecule has 0 aromatic heterocycles. The Bertz CT molecular complexity index is 866. The number of hydrogen-bond acceptors (Lipinski definition) is 5. The molecule has 1 N–H and O–H groups in total. The Morgan fingerprint density at radius 2 is 1.67 bits per heavy atom. The fourth-order valence-electron chi connectivity index (χ4n) is 3.11. The molecule has 0 radical (unpaired) electrons. The van der Waals surface area contributed by atoms with E-state index in [0.29, 0.717) is 10.9 Å². The van der Waals surface area contributed by atoms with E-state index < -0.39 is 9.84 Å². The van der Waals surface area contributed by atoms with Crippen molar-refractivity contribution < 1.29 is 13.2 Å². The molecule has 0 saturated carbocycles. The average Bonchev–Trinajstić information content (AvgIpc) is 2.99. The van der Waals surface area contributed by atoms with Crippen LogP contribution in [0.25, 0.3) is 0 Å². The van der Waals surface area contributed by atoms with Gasteiger partial charge in [0.25, 0.3) is 0 Å². The van der Waals surface area contributed by atoms with Crippen LogP contribution in [0.4, 0.5) is 5.69 Å². The fourth-order valence-corrected chi connectivity index (χ4v) is 6.90. The van der Waals surface area contributed by atoms with Crippen molar-refractivity contribution in [3.05, 3.63) is 54.6 Å². The molecule has 2 heterocycles. The van der Waals surface area contributed by atoms with Gasteiger partial charge in [0.1, 0.15) is 11.5 Å². The summed E-state index contributed by atoms with van der Waals surface area (Å²) in [6.07, 6.45) is 0. The maximum absolute atomic E-state index is 11.9. The first-order valence-corrected chi connectivity index (χ1v) is 10.3. The van der Waals surface area contributed by atoms with Crippen molar-refractivity contribution in [3.63, 3.8) is 0 Å². The molecule has 2 aliphatic rings. The summed E-state index contributed by atoms with van der Waals surface area (Å²) in [6, 6.07) is 16.8. The minimum absolute atomic E-state index is 0.0391. The lowest BCUT2D eigenvalue weighted by molar-refractivity contribution is 0.482.